The average Bonchev–Trinajstić information content (AvgIpc) is 2.55. The summed E-state index contributed by atoms with van der Waals surface area (Å²) in [5.74, 6) is 0.298. The van der Waals surface area contributed by atoms with Gasteiger partial charge >= 0.3 is 0 Å². The molecule has 1 heterocycles. The number of allylic oxidation sites excluding steroid dienone is 1. The van der Waals surface area contributed by atoms with E-state index < -0.39 is 6.29 Å². The molecule has 2 aromatic rings. The summed E-state index contributed by atoms with van der Waals surface area (Å²) >= 11 is 3.40. The number of hydrogen-bond donors (Lipinski definition) is 1. The first-order chi connectivity index (χ1) is 11.1. The molecular weight excluding hydrogens is 354 g/mol. The fourth-order valence-electron chi connectivity index (χ4n) is 2.78. The Kier molecular flexibility index (Phi) is 4.51. The molecule has 1 aliphatic heterocycles. The summed E-state index contributed by atoms with van der Waals surface area (Å²) in [5, 5.41) is 19.8. The maximum atomic E-state index is 10.1. The van der Waals surface area contributed by atoms with Gasteiger partial charge in [-0.05, 0) is 24.6 Å². The maximum absolute atomic E-state index is 10.1. The lowest BCUT2D eigenvalue weighted by molar-refractivity contribution is -0.0545. The van der Waals surface area contributed by atoms with Crippen LogP contribution in [-0.2, 0) is 4.74 Å². The van der Waals surface area contributed by atoms with E-state index in [9.17, 15) is 10.4 Å². The standard InChI is InChI=1S/C19H16BrNO2/c1-12-2-4-13(5-3-12)16-10-18(22)23-19(17(16)11-21)14-6-8-15(20)9-7-14/h2-9,16,18,22H,10H2,1H3/t16-,18?/m0/s1. The molecule has 0 aliphatic carbocycles. The molecule has 0 radical (unpaired) electrons. The number of benzene rings is 2. The highest BCUT2D eigenvalue weighted by atomic mass is 79.9. The molecule has 2 atom stereocenters. The SMILES string of the molecule is Cc1ccc([C@@H]2CC(O)OC(c3ccc(Br)cc3)=C2C#N)cc1. The second kappa shape index (κ2) is 6.57. The summed E-state index contributed by atoms with van der Waals surface area (Å²) in [4.78, 5) is 0. The summed E-state index contributed by atoms with van der Waals surface area (Å²) in [6, 6.07) is 17.9. The van der Waals surface area contributed by atoms with E-state index in [1.54, 1.807) is 0 Å². The predicted molar refractivity (Wildman–Crippen MR) is 92.3 cm³/mol. The zero-order valence-electron chi connectivity index (χ0n) is 12.7. The third kappa shape index (κ3) is 3.31. The molecule has 1 unspecified atom stereocenters. The van der Waals surface area contributed by atoms with Crippen LogP contribution in [0.5, 0.6) is 0 Å². The van der Waals surface area contributed by atoms with Gasteiger partial charge in [-0.25, -0.2) is 0 Å². The fourth-order valence-corrected chi connectivity index (χ4v) is 3.04. The number of aliphatic hydroxyl groups excluding tert-OH is 1. The summed E-state index contributed by atoms with van der Waals surface area (Å²) in [7, 11) is 0. The Morgan fingerprint density at radius 3 is 2.39 bits per heavy atom. The van der Waals surface area contributed by atoms with Gasteiger partial charge in [-0.15, -0.1) is 0 Å². The van der Waals surface area contributed by atoms with Gasteiger partial charge in [-0.1, -0.05) is 57.9 Å². The van der Waals surface area contributed by atoms with Crippen LogP contribution in [-0.4, -0.2) is 11.4 Å². The van der Waals surface area contributed by atoms with Crippen LogP contribution in [0.4, 0.5) is 0 Å². The average molecular weight is 370 g/mol. The summed E-state index contributed by atoms with van der Waals surface area (Å²) in [6.07, 6.45) is -0.538. The minimum atomic E-state index is -0.919. The largest absolute Gasteiger partial charge is 0.463 e. The van der Waals surface area contributed by atoms with E-state index in [4.69, 9.17) is 4.74 Å². The third-order valence-corrected chi connectivity index (χ3v) is 4.52. The molecule has 3 rings (SSSR count). The Morgan fingerprint density at radius 1 is 1.13 bits per heavy atom. The summed E-state index contributed by atoms with van der Waals surface area (Å²) in [6.45, 7) is 2.02. The molecule has 0 bridgehead atoms. The lowest BCUT2D eigenvalue weighted by Crippen LogP contribution is -2.23. The molecule has 0 saturated heterocycles. The molecule has 2 aromatic carbocycles. The Hall–Kier alpha value is -2.09. The first-order valence-corrected chi connectivity index (χ1v) is 8.19. The number of hydrogen-bond acceptors (Lipinski definition) is 3. The van der Waals surface area contributed by atoms with Crippen molar-refractivity contribution in [2.24, 2.45) is 0 Å². The normalized spacial score (nSPS) is 20.8. The van der Waals surface area contributed by atoms with Gasteiger partial charge in [0.25, 0.3) is 0 Å². The van der Waals surface area contributed by atoms with Gasteiger partial charge in [0, 0.05) is 22.4 Å². The van der Waals surface area contributed by atoms with E-state index in [2.05, 4.69) is 22.0 Å². The molecular formula is C19H16BrNO2. The molecule has 1 aliphatic rings. The molecule has 116 valence electrons. The van der Waals surface area contributed by atoms with Crippen molar-refractivity contribution in [1.29, 1.82) is 5.26 Å². The first-order valence-electron chi connectivity index (χ1n) is 7.40. The van der Waals surface area contributed by atoms with Gasteiger partial charge in [0.2, 0.25) is 0 Å². The number of rotatable bonds is 2. The van der Waals surface area contributed by atoms with E-state index >= 15 is 0 Å². The number of aliphatic hydroxyl groups is 1. The molecule has 1 N–H and O–H groups in total. The Bertz CT molecular complexity index is 773. The van der Waals surface area contributed by atoms with E-state index in [1.807, 2.05) is 55.5 Å². The molecule has 4 heteroatoms. The van der Waals surface area contributed by atoms with E-state index in [1.165, 1.54) is 0 Å². The van der Waals surface area contributed by atoms with Crippen molar-refractivity contribution in [2.45, 2.75) is 25.6 Å². The summed E-state index contributed by atoms with van der Waals surface area (Å²) in [5.41, 5.74) is 3.53. The highest BCUT2D eigenvalue weighted by Gasteiger charge is 2.31. The second-order valence-corrected chi connectivity index (χ2v) is 6.55. The highest BCUT2D eigenvalue weighted by Crippen LogP contribution is 2.40. The molecule has 0 amide bonds. The monoisotopic (exact) mass is 369 g/mol. The Morgan fingerprint density at radius 2 is 1.78 bits per heavy atom. The molecule has 0 aromatic heterocycles. The molecule has 0 saturated carbocycles. The van der Waals surface area contributed by atoms with Crippen LogP contribution in [0.25, 0.3) is 5.76 Å². The van der Waals surface area contributed by atoms with Crippen LogP contribution in [0.2, 0.25) is 0 Å². The third-order valence-electron chi connectivity index (χ3n) is 3.99. The van der Waals surface area contributed by atoms with Gasteiger partial charge in [-0.3, -0.25) is 0 Å². The lowest BCUT2D eigenvalue weighted by Gasteiger charge is -2.29. The number of nitriles is 1. The smallest absolute Gasteiger partial charge is 0.198 e. The van der Waals surface area contributed by atoms with Crippen molar-refractivity contribution in [1.82, 2.24) is 0 Å². The van der Waals surface area contributed by atoms with Crippen molar-refractivity contribution in [3.05, 3.63) is 75.3 Å². The summed E-state index contributed by atoms with van der Waals surface area (Å²) < 4.78 is 6.54. The van der Waals surface area contributed by atoms with Crippen molar-refractivity contribution in [3.63, 3.8) is 0 Å². The van der Waals surface area contributed by atoms with Crippen LogP contribution in [0.15, 0.2) is 58.6 Å². The minimum Gasteiger partial charge on any atom is -0.463 e. The van der Waals surface area contributed by atoms with Crippen LogP contribution >= 0.6 is 15.9 Å². The zero-order chi connectivity index (χ0) is 16.4. The molecule has 0 fully saturated rings. The van der Waals surface area contributed by atoms with Gasteiger partial charge in [0.05, 0.1) is 11.6 Å². The molecule has 0 spiro atoms. The predicted octanol–water partition coefficient (Wildman–Crippen LogP) is 4.51. The van der Waals surface area contributed by atoms with Gasteiger partial charge in [-0.2, -0.15) is 5.26 Å². The van der Waals surface area contributed by atoms with Crippen LogP contribution < -0.4 is 0 Å². The number of ether oxygens (including phenoxy) is 1. The number of aryl methyl sites for hydroxylation is 1. The van der Waals surface area contributed by atoms with Crippen LogP contribution in [0.1, 0.15) is 29.0 Å². The Labute approximate surface area is 144 Å². The minimum absolute atomic E-state index is 0.164. The Balaban J connectivity index is 2.09. The van der Waals surface area contributed by atoms with Gasteiger partial charge < -0.3 is 9.84 Å². The van der Waals surface area contributed by atoms with Gasteiger partial charge in [0.1, 0.15) is 5.76 Å². The topological polar surface area (TPSA) is 53.2 Å². The van der Waals surface area contributed by atoms with Crippen molar-refractivity contribution in [3.8, 4) is 6.07 Å². The van der Waals surface area contributed by atoms with Crippen LogP contribution in [0, 0.1) is 18.3 Å². The number of nitrogens with zero attached hydrogens (tertiary/aromatic N) is 1. The lowest BCUT2D eigenvalue weighted by atomic mass is 9.85. The zero-order valence-corrected chi connectivity index (χ0v) is 14.2. The van der Waals surface area contributed by atoms with Crippen molar-refractivity contribution < 1.29 is 9.84 Å². The maximum Gasteiger partial charge on any atom is 0.198 e. The second-order valence-electron chi connectivity index (χ2n) is 5.63. The fraction of sp³-hybridized carbons (Fsp3) is 0.211. The van der Waals surface area contributed by atoms with Gasteiger partial charge in [0.15, 0.2) is 6.29 Å². The highest BCUT2D eigenvalue weighted by molar-refractivity contribution is 9.10. The van der Waals surface area contributed by atoms with Crippen molar-refractivity contribution in [2.75, 3.05) is 0 Å². The first kappa shape index (κ1) is 15.8. The van der Waals surface area contributed by atoms with E-state index in [-0.39, 0.29) is 5.92 Å². The number of halogens is 1. The van der Waals surface area contributed by atoms with Crippen molar-refractivity contribution >= 4 is 21.7 Å². The molecule has 3 nitrogen and oxygen atoms in total. The van der Waals surface area contributed by atoms with Crippen LogP contribution in [0.3, 0.4) is 0 Å². The van der Waals surface area contributed by atoms with E-state index in [0.717, 1.165) is 21.2 Å². The molecule has 23 heavy (non-hydrogen) atoms. The quantitative estimate of drug-likeness (QED) is 0.846. The van der Waals surface area contributed by atoms with E-state index in [0.29, 0.717) is 17.8 Å².